The van der Waals surface area contributed by atoms with E-state index in [0.29, 0.717) is 0 Å². The molecule has 0 fully saturated rings. The van der Waals surface area contributed by atoms with Crippen molar-refractivity contribution in [1.82, 2.24) is 0 Å². The number of para-hydroxylation sites is 2. The Bertz CT molecular complexity index is 915. The number of anilines is 1. The van der Waals surface area contributed by atoms with E-state index in [9.17, 15) is 4.79 Å². The van der Waals surface area contributed by atoms with Gasteiger partial charge in [-0.3, -0.25) is 4.99 Å². The molecule has 0 aliphatic carbocycles. The highest BCUT2D eigenvalue weighted by Gasteiger charge is 2.04. The van der Waals surface area contributed by atoms with Crippen molar-refractivity contribution >= 4 is 29.1 Å². The highest BCUT2D eigenvalue weighted by Crippen LogP contribution is 2.17. The number of carbonyl (C=O) groups is 1. The maximum Gasteiger partial charge on any atom is 0.335 e. The van der Waals surface area contributed by atoms with Crippen LogP contribution < -0.4 is 5.32 Å². The van der Waals surface area contributed by atoms with E-state index in [2.05, 4.69) is 10.3 Å². The van der Waals surface area contributed by atoms with Crippen molar-refractivity contribution in [2.45, 2.75) is 0 Å². The monoisotopic (exact) mass is 342 g/mol. The lowest BCUT2D eigenvalue weighted by Gasteiger charge is -2.06. The van der Waals surface area contributed by atoms with Gasteiger partial charge in [-0.1, -0.05) is 48.5 Å². The molecule has 0 spiro atoms. The zero-order valence-electron chi connectivity index (χ0n) is 14.0. The molecule has 0 heterocycles. The zero-order chi connectivity index (χ0) is 18.2. The normalized spacial score (nSPS) is 11.5. The van der Waals surface area contributed by atoms with Crippen LogP contribution in [0, 0.1) is 0 Å². The van der Waals surface area contributed by atoms with Crippen LogP contribution in [0.4, 0.5) is 11.4 Å². The Morgan fingerprint density at radius 1 is 0.808 bits per heavy atom. The minimum atomic E-state index is -0.942. The van der Waals surface area contributed by atoms with Crippen LogP contribution in [0.5, 0.6) is 0 Å². The summed E-state index contributed by atoms with van der Waals surface area (Å²) in [7, 11) is 0. The van der Waals surface area contributed by atoms with Crippen LogP contribution in [0.1, 0.15) is 15.9 Å². The quantitative estimate of drug-likeness (QED) is 0.602. The Morgan fingerprint density at radius 3 is 2.00 bits per heavy atom. The van der Waals surface area contributed by atoms with Gasteiger partial charge in [0.2, 0.25) is 0 Å². The number of rotatable bonds is 6. The molecule has 0 unspecified atom stereocenters. The number of nitrogens with one attached hydrogen (secondary N) is 1. The summed E-state index contributed by atoms with van der Waals surface area (Å²) in [5.41, 5.74) is 3.78. The molecule has 3 rings (SSSR count). The first-order valence-corrected chi connectivity index (χ1v) is 8.17. The molecule has 0 aromatic heterocycles. The first-order chi connectivity index (χ1) is 12.7. The molecule has 0 amide bonds. The Kier molecular flexibility index (Phi) is 5.58. The highest BCUT2D eigenvalue weighted by atomic mass is 16.4. The molecular formula is C22H18N2O2. The van der Waals surface area contributed by atoms with Gasteiger partial charge in [-0.25, -0.2) is 4.79 Å². The fourth-order valence-electron chi connectivity index (χ4n) is 2.35. The summed E-state index contributed by atoms with van der Waals surface area (Å²) >= 11 is 0. The van der Waals surface area contributed by atoms with Crippen LogP contribution in [-0.4, -0.2) is 17.3 Å². The van der Waals surface area contributed by atoms with Crippen LogP contribution >= 0.6 is 0 Å². The predicted molar refractivity (Wildman–Crippen MR) is 106 cm³/mol. The molecule has 0 saturated heterocycles. The maximum atomic E-state index is 11.1. The lowest BCUT2D eigenvalue weighted by Crippen LogP contribution is -1.97. The number of hydrogen-bond donors (Lipinski definition) is 2. The second kappa shape index (κ2) is 8.44. The first-order valence-electron chi connectivity index (χ1n) is 8.17. The molecule has 4 heteroatoms. The van der Waals surface area contributed by atoms with Crippen LogP contribution in [0.3, 0.4) is 0 Å². The van der Waals surface area contributed by atoms with Gasteiger partial charge in [0.05, 0.1) is 11.3 Å². The molecule has 4 nitrogen and oxygen atoms in total. The molecule has 0 aliphatic heterocycles. The Hall–Kier alpha value is -3.66. The van der Waals surface area contributed by atoms with E-state index in [1.165, 1.54) is 0 Å². The van der Waals surface area contributed by atoms with Gasteiger partial charge < -0.3 is 10.4 Å². The number of aliphatic imine (C=N–C) groups is 1. The van der Waals surface area contributed by atoms with Crippen LogP contribution in [0.2, 0.25) is 0 Å². The molecule has 0 bridgehead atoms. The molecule has 0 radical (unpaired) electrons. The number of benzene rings is 3. The van der Waals surface area contributed by atoms with Crippen LogP contribution in [0.15, 0.2) is 96.1 Å². The third-order valence-corrected chi connectivity index (χ3v) is 3.74. The van der Waals surface area contributed by atoms with E-state index >= 15 is 0 Å². The van der Waals surface area contributed by atoms with E-state index in [0.717, 1.165) is 22.5 Å². The number of hydrogen-bond acceptors (Lipinski definition) is 3. The topological polar surface area (TPSA) is 61.7 Å². The summed E-state index contributed by atoms with van der Waals surface area (Å²) in [5, 5.41) is 12.3. The van der Waals surface area contributed by atoms with Crippen molar-refractivity contribution < 1.29 is 9.90 Å². The fourth-order valence-corrected chi connectivity index (χ4v) is 2.35. The van der Waals surface area contributed by atoms with Crippen molar-refractivity contribution in [1.29, 1.82) is 0 Å². The smallest absolute Gasteiger partial charge is 0.335 e. The number of carboxylic acid groups (broad SMARTS) is 1. The van der Waals surface area contributed by atoms with E-state index in [1.807, 2.05) is 66.9 Å². The lowest BCUT2D eigenvalue weighted by molar-refractivity contribution is 0.0697. The van der Waals surface area contributed by atoms with Crippen molar-refractivity contribution in [3.05, 3.63) is 102 Å². The van der Waals surface area contributed by atoms with E-state index in [1.54, 1.807) is 30.5 Å². The standard InChI is InChI=1S/C22H18N2O2/c25-22(26)18-13-11-17(12-14-18)19(15-23-20-7-3-1-4-8-20)16-24-21-9-5-2-6-10-21/h1-16,23H,(H,25,26)/b19-15-,24-16?. The second-order valence-electron chi connectivity index (χ2n) is 5.59. The van der Waals surface area contributed by atoms with Crippen molar-refractivity contribution in [3.8, 4) is 0 Å². The summed E-state index contributed by atoms with van der Waals surface area (Å²) in [6, 6.07) is 26.2. The summed E-state index contributed by atoms with van der Waals surface area (Å²) in [4.78, 5) is 15.6. The summed E-state index contributed by atoms with van der Waals surface area (Å²) in [6.45, 7) is 0. The van der Waals surface area contributed by atoms with E-state index in [-0.39, 0.29) is 5.56 Å². The van der Waals surface area contributed by atoms with Crippen molar-refractivity contribution in [2.24, 2.45) is 4.99 Å². The Morgan fingerprint density at radius 2 is 1.38 bits per heavy atom. The van der Waals surface area contributed by atoms with Gasteiger partial charge in [0.1, 0.15) is 0 Å². The van der Waals surface area contributed by atoms with Crippen LogP contribution in [0.25, 0.3) is 5.57 Å². The van der Waals surface area contributed by atoms with Gasteiger partial charge in [0, 0.05) is 23.7 Å². The first kappa shape index (κ1) is 17.2. The van der Waals surface area contributed by atoms with Gasteiger partial charge in [0.25, 0.3) is 0 Å². The van der Waals surface area contributed by atoms with Gasteiger partial charge >= 0.3 is 5.97 Å². The average molecular weight is 342 g/mol. The largest absolute Gasteiger partial charge is 0.478 e. The molecular weight excluding hydrogens is 324 g/mol. The minimum absolute atomic E-state index is 0.254. The third kappa shape index (κ3) is 4.68. The van der Waals surface area contributed by atoms with E-state index < -0.39 is 5.97 Å². The Balaban J connectivity index is 1.90. The molecule has 0 saturated carbocycles. The Labute approximate surface area is 152 Å². The minimum Gasteiger partial charge on any atom is -0.478 e. The fraction of sp³-hybridized carbons (Fsp3) is 0. The van der Waals surface area contributed by atoms with Gasteiger partial charge in [-0.2, -0.15) is 0 Å². The number of allylic oxidation sites excluding steroid dienone is 1. The highest BCUT2D eigenvalue weighted by molar-refractivity contribution is 6.11. The predicted octanol–water partition coefficient (Wildman–Crippen LogP) is 5.24. The maximum absolute atomic E-state index is 11.1. The summed E-state index contributed by atoms with van der Waals surface area (Å²) in [6.07, 6.45) is 3.62. The summed E-state index contributed by atoms with van der Waals surface area (Å²) in [5.74, 6) is -0.942. The average Bonchev–Trinajstić information content (AvgIpc) is 2.70. The molecule has 2 N–H and O–H groups in total. The van der Waals surface area contributed by atoms with Gasteiger partial charge in [-0.05, 0) is 42.0 Å². The molecule has 128 valence electrons. The molecule has 3 aromatic carbocycles. The number of carboxylic acids is 1. The summed E-state index contributed by atoms with van der Waals surface area (Å²) < 4.78 is 0. The third-order valence-electron chi connectivity index (χ3n) is 3.74. The lowest BCUT2D eigenvalue weighted by atomic mass is 10.1. The SMILES string of the molecule is O=C(O)c1ccc(/C(C=Nc2ccccc2)=C\Nc2ccccc2)cc1. The molecule has 0 aliphatic rings. The van der Waals surface area contributed by atoms with Crippen molar-refractivity contribution in [3.63, 3.8) is 0 Å². The van der Waals surface area contributed by atoms with E-state index in [4.69, 9.17) is 5.11 Å². The number of aromatic carboxylic acids is 1. The van der Waals surface area contributed by atoms with Gasteiger partial charge in [0.15, 0.2) is 0 Å². The van der Waals surface area contributed by atoms with Crippen LogP contribution in [-0.2, 0) is 0 Å². The van der Waals surface area contributed by atoms with Gasteiger partial charge in [-0.15, -0.1) is 0 Å². The molecule has 0 atom stereocenters. The number of nitrogens with zero attached hydrogens (tertiary/aromatic N) is 1. The molecule has 3 aromatic rings. The molecule has 26 heavy (non-hydrogen) atoms. The van der Waals surface area contributed by atoms with Crippen molar-refractivity contribution in [2.75, 3.05) is 5.32 Å². The zero-order valence-corrected chi connectivity index (χ0v) is 14.0. The second-order valence-corrected chi connectivity index (χ2v) is 5.59.